The van der Waals surface area contributed by atoms with Gasteiger partial charge in [-0.2, -0.15) is 0 Å². The Kier molecular flexibility index (Phi) is 5.33. The number of hydrogen-bond acceptors (Lipinski definition) is 5. The molecule has 25 heavy (non-hydrogen) atoms. The van der Waals surface area contributed by atoms with E-state index in [9.17, 15) is 9.59 Å². The molecule has 0 unspecified atom stereocenters. The molecule has 0 atom stereocenters. The van der Waals surface area contributed by atoms with Gasteiger partial charge in [-0.15, -0.1) is 0 Å². The summed E-state index contributed by atoms with van der Waals surface area (Å²) in [6.07, 6.45) is 0.241. The number of amides is 2. The van der Waals surface area contributed by atoms with Gasteiger partial charge in [-0.05, 0) is 26.0 Å². The van der Waals surface area contributed by atoms with Crippen LogP contribution in [0.25, 0.3) is 11.0 Å². The maximum absolute atomic E-state index is 12.5. The highest BCUT2D eigenvalue weighted by Crippen LogP contribution is 2.19. The minimum absolute atomic E-state index is 0.0313. The van der Waals surface area contributed by atoms with Crippen molar-refractivity contribution in [3.8, 4) is 0 Å². The van der Waals surface area contributed by atoms with E-state index in [2.05, 4.69) is 15.4 Å². The van der Waals surface area contributed by atoms with Gasteiger partial charge in [0.2, 0.25) is 11.8 Å². The third-order valence-corrected chi connectivity index (χ3v) is 4.31. The number of aromatic nitrogens is 1. The van der Waals surface area contributed by atoms with Gasteiger partial charge in [0.05, 0.1) is 13.0 Å². The number of carbonyl (C=O) groups is 2. The fourth-order valence-corrected chi connectivity index (χ4v) is 3.05. The zero-order valence-electron chi connectivity index (χ0n) is 14.7. The van der Waals surface area contributed by atoms with Gasteiger partial charge in [0.15, 0.2) is 5.58 Å². The summed E-state index contributed by atoms with van der Waals surface area (Å²) in [6.45, 7) is 6.94. The number of fused-ring (bicyclic) bond motifs is 1. The average molecular weight is 344 g/mol. The van der Waals surface area contributed by atoms with Crippen molar-refractivity contribution in [1.82, 2.24) is 20.3 Å². The van der Waals surface area contributed by atoms with Crippen molar-refractivity contribution in [2.45, 2.75) is 26.3 Å². The highest BCUT2D eigenvalue weighted by molar-refractivity contribution is 5.86. The fourth-order valence-electron chi connectivity index (χ4n) is 3.05. The lowest BCUT2D eigenvalue weighted by atomic mass is 10.1. The molecule has 1 saturated heterocycles. The van der Waals surface area contributed by atoms with Crippen LogP contribution < -0.4 is 5.32 Å². The molecule has 7 heteroatoms. The summed E-state index contributed by atoms with van der Waals surface area (Å²) in [5.74, 6) is 0.0779. The van der Waals surface area contributed by atoms with Crippen LogP contribution in [0.3, 0.4) is 0 Å². The monoisotopic (exact) mass is 344 g/mol. The maximum atomic E-state index is 12.5. The summed E-state index contributed by atoms with van der Waals surface area (Å²) in [6, 6.07) is 7.70. The Labute approximate surface area is 146 Å². The number of nitrogens with zero attached hydrogens (tertiary/aromatic N) is 3. The molecule has 0 spiro atoms. The van der Waals surface area contributed by atoms with Crippen molar-refractivity contribution in [1.29, 1.82) is 0 Å². The zero-order chi connectivity index (χ0) is 17.8. The van der Waals surface area contributed by atoms with E-state index in [-0.39, 0.29) is 24.3 Å². The normalized spacial score (nSPS) is 15.7. The van der Waals surface area contributed by atoms with Crippen LogP contribution in [0.4, 0.5) is 0 Å². The first-order valence-corrected chi connectivity index (χ1v) is 8.65. The van der Waals surface area contributed by atoms with Gasteiger partial charge in [0.1, 0.15) is 5.69 Å². The molecule has 7 nitrogen and oxygen atoms in total. The van der Waals surface area contributed by atoms with E-state index in [1.54, 1.807) is 0 Å². The van der Waals surface area contributed by atoms with Crippen LogP contribution in [-0.2, 0) is 16.0 Å². The van der Waals surface area contributed by atoms with Crippen LogP contribution in [0.1, 0.15) is 19.5 Å². The first-order valence-electron chi connectivity index (χ1n) is 8.65. The van der Waals surface area contributed by atoms with Gasteiger partial charge in [-0.25, -0.2) is 0 Å². The summed E-state index contributed by atoms with van der Waals surface area (Å²) in [5, 5.41) is 7.81. The molecule has 2 amide bonds. The molecule has 1 aliphatic rings. The van der Waals surface area contributed by atoms with Gasteiger partial charge in [-0.3, -0.25) is 14.5 Å². The quantitative estimate of drug-likeness (QED) is 0.877. The molecule has 0 bridgehead atoms. The number of nitrogens with one attached hydrogen (secondary N) is 1. The first-order chi connectivity index (χ1) is 12.0. The average Bonchev–Trinajstić information content (AvgIpc) is 2.98. The molecule has 134 valence electrons. The lowest BCUT2D eigenvalue weighted by Gasteiger charge is -2.34. The molecule has 3 rings (SSSR count). The molecule has 2 heterocycles. The van der Waals surface area contributed by atoms with E-state index < -0.39 is 0 Å². The highest BCUT2D eigenvalue weighted by Gasteiger charge is 2.24. The van der Waals surface area contributed by atoms with Crippen molar-refractivity contribution >= 4 is 22.8 Å². The third kappa shape index (κ3) is 4.36. The van der Waals surface area contributed by atoms with Crippen LogP contribution in [-0.4, -0.2) is 65.5 Å². The number of benzene rings is 1. The molecular formula is C18H24N4O3. The van der Waals surface area contributed by atoms with Crippen molar-refractivity contribution < 1.29 is 14.1 Å². The Morgan fingerprint density at radius 3 is 2.64 bits per heavy atom. The topological polar surface area (TPSA) is 78.7 Å². The predicted octanol–water partition coefficient (Wildman–Crippen LogP) is 1.04. The number of rotatable bonds is 5. The molecule has 1 N–H and O–H groups in total. The molecule has 0 radical (unpaired) electrons. The largest absolute Gasteiger partial charge is 0.356 e. The Bertz CT molecular complexity index is 748. The van der Waals surface area contributed by atoms with Crippen LogP contribution >= 0.6 is 0 Å². The SMILES string of the molecule is CC(C)NC(=O)CN1CCN(C(=O)Cc2noc3ccccc23)CC1. The molecule has 0 saturated carbocycles. The van der Waals surface area contributed by atoms with E-state index >= 15 is 0 Å². The van der Waals surface area contributed by atoms with Crippen molar-refractivity contribution in [2.75, 3.05) is 32.7 Å². The summed E-state index contributed by atoms with van der Waals surface area (Å²) in [7, 11) is 0. The molecule has 1 fully saturated rings. The van der Waals surface area contributed by atoms with E-state index in [1.807, 2.05) is 43.0 Å². The second-order valence-corrected chi connectivity index (χ2v) is 6.68. The molecule has 2 aromatic rings. The second-order valence-electron chi connectivity index (χ2n) is 6.68. The Balaban J connectivity index is 1.51. The molecule has 1 aromatic heterocycles. The number of carbonyl (C=O) groups excluding carboxylic acids is 2. The van der Waals surface area contributed by atoms with Gasteiger partial charge < -0.3 is 14.7 Å². The maximum Gasteiger partial charge on any atom is 0.234 e. The minimum Gasteiger partial charge on any atom is -0.356 e. The van der Waals surface area contributed by atoms with Gasteiger partial charge in [0.25, 0.3) is 0 Å². The molecule has 1 aromatic carbocycles. The fraction of sp³-hybridized carbons (Fsp3) is 0.500. The highest BCUT2D eigenvalue weighted by atomic mass is 16.5. The van der Waals surface area contributed by atoms with Gasteiger partial charge in [-0.1, -0.05) is 17.3 Å². The van der Waals surface area contributed by atoms with Crippen LogP contribution in [0, 0.1) is 0 Å². The number of hydrogen-bond donors (Lipinski definition) is 1. The summed E-state index contributed by atoms with van der Waals surface area (Å²) < 4.78 is 5.26. The second kappa shape index (κ2) is 7.65. The van der Waals surface area contributed by atoms with Crippen LogP contribution in [0.2, 0.25) is 0 Å². The molecule has 1 aliphatic heterocycles. The third-order valence-electron chi connectivity index (χ3n) is 4.31. The van der Waals surface area contributed by atoms with E-state index in [0.29, 0.717) is 44.0 Å². The van der Waals surface area contributed by atoms with Crippen molar-refractivity contribution in [3.05, 3.63) is 30.0 Å². The van der Waals surface area contributed by atoms with Gasteiger partial charge in [0, 0.05) is 37.6 Å². The predicted molar refractivity (Wildman–Crippen MR) is 94.0 cm³/mol. The minimum atomic E-state index is 0.0313. The smallest absolute Gasteiger partial charge is 0.234 e. The van der Waals surface area contributed by atoms with Crippen molar-refractivity contribution in [3.63, 3.8) is 0 Å². The van der Waals surface area contributed by atoms with Crippen molar-refractivity contribution in [2.24, 2.45) is 0 Å². The lowest BCUT2D eigenvalue weighted by Crippen LogP contribution is -2.51. The Morgan fingerprint density at radius 1 is 1.20 bits per heavy atom. The van der Waals surface area contributed by atoms with E-state index in [0.717, 1.165) is 5.39 Å². The molecule has 0 aliphatic carbocycles. The lowest BCUT2D eigenvalue weighted by molar-refractivity contribution is -0.132. The van der Waals surface area contributed by atoms with Gasteiger partial charge >= 0.3 is 0 Å². The number of piperazine rings is 1. The van der Waals surface area contributed by atoms with E-state index in [4.69, 9.17) is 4.52 Å². The Morgan fingerprint density at radius 2 is 1.92 bits per heavy atom. The zero-order valence-corrected chi connectivity index (χ0v) is 14.7. The Hall–Kier alpha value is -2.41. The summed E-state index contributed by atoms with van der Waals surface area (Å²) >= 11 is 0. The first kappa shape index (κ1) is 17.4. The summed E-state index contributed by atoms with van der Waals surface area (Å²) in [4.78, 5) is 28.3. The molecular weight excluding hydrogens is 320 g/mol. The standard InChI is InChI=1S/C18H24N4O3/c1-13(2)19-17(23)12-21-7-9-22(10-8-21)18(24)11-15-14-5-3-4-6-16(14)25-20-15/h3-6,13H,7-12H2,1-2H3,(H,19,23). The number of para-hydroxylation sites is 1. The van der Waals surface area contributed by atoms with E-state index in [1.165, 1.54) is 0 Å². The van der Waals surface area contributed by atoms with Crippen LogP contribution in [0.5, 0.6) is 0 Å². The summed E-state index contributed by atoms with van der Waals surface area (Å²) in [5.41, 5.74) is 1.38. The van der Waals surface area contributed by atoms with Crippen LogP contribution in [0.15, 0.2) is 28.8 Å².